The van der Waals surface area contributed by atoms with E-state index >= 15 is 0 Å². The summed E-state index contributed by atoms with van der Waals surface area (Å²) in [4.78, 5) is 16.5. The zero-order valence-corrected chi connectivity index (χ0v) is 16.6. The van der Waals surface area contributed by atoms with Gasteiger partial charge in [-0.15, -0.1) is 0 Å². The zero-order valence-electron chi connectivity index (χ0n) is 15.9. The number of nitriles is 1. The molecule has 1 aromatic carbocycles. The van der Waals surface area contributed by atoms with Gasteiger partial charge in [0.25, 0.3) is 0 Å². The van der Waals surface area contributed by atoms with Crippen LogP contribution in [-0.2, 0) is 4.79 Å². The minimum atomic E-state index is -0.649. The first-order valence-corrected chi connectivity index (χ1v) is 9.55. The van der Waals surface area contributed by atoms with Crippen molar-refractivity contribution in [2.24, 2.45) is 0 Å². The number of ether oxygens (including phenoxy) is 1. The highest BCUT2D eigenvalue weighted by Gasteiger charge is 2.40. The van der Waals surface area contributed by atoms with Crippen molar-refractivity contribution >= 4 is 17.5 Å². The van der Waals surface area contributed by atoms with Crippen LogP contribution in [0.5, 0.6) is 5.75 Å². The monoisotopic (exact) mass is 377 g/mol. The number of carbonyl (C=O) groups excluding carboxylic acids is 1. The molecule has 1 unspecified atom stereocenters. The molecule has 26 heavy (non-hydrogen) atoms. The molecule has 5 nitrogen and oxygen atoms in total. The minimum Gasteiger partial charge on any atom is -0.492 e. The van der Waals surface area contributed by atoms with E-state index in [0.29, 0.717) is 18.2 Å². The Balaban J connectivity index is 1.87. The number of carbonyl (C=O) groups is 1. The molecule has 142 valence electrons. The molecule has 0 bridgehead atoms. The Morgan fingerprint density at radius 2 is 1.88 bits per heavy atom. The normalized spacial score (nSPS) is 17.4. The van der Waals surface area contributed by atoms with Crippen LogP contribution in [0, 0.1) is 11.3 Å². The molecular weight excluding hydrogens is 350 g/mol. The van der Waals surface area contributed by atoms with Gasteiger partial charge in [-0.1, -0.05) is 30.9 Å². The average Bonchev–Trinajstić information content (AvgIpc) is 2.68. The summed E-state index contributed by atoms with van der Waals surface area (Å²) in [5.41, 5.74) is -0.649. The minimum absolute atomic E-state index is 0.0116. The number of likely N-dealkylation sites (N-methyl/N-ethyl adjacent to an activating group) is 2. The second-order valence-corrected chi connectivity index (χ2v) is 7.50. The van der Waals surface area contributed by atoms with E-state index in [1.165, 1.54) is 0 Å². The summed E-state index contributed by atoms with van der Waals surface area (Å²) < 4.78 is 5.70. The third-order valence-corrected chi connectivity index (χ3v) is 5.66. The van der Waals surface area contributed by atoms with E-state index in [4.69, 9.17) is 16.3 Å². The van der Waals surface area contributed by atoms with Crippen molar-refractivity contribution in [3.63, 3.8) is 0 Å². The van der Waals surface area contributed by atoms with E-state index in [9.17, 15) is 10.1 Å². The SMILES string of the molecule is CC(C(=O)N(C)C1(C#N)CCCCC1)N(C)CCOc1ccc(Cl)cc1. The van der Waals surface area contributed by atoms with Crippen molar-refractivity contribution in [2.45, 2.75) is 50.6 Å². The summed E-state index contributed by atoms with van der Waals surface area (Å²) >= 11 is 5.86. The predicted octanol–water partition coefficient (Wildman–Crippen LogP) is 3.72. The third-order valence-electron chi connectivity index (χ3n) is 5.41. The van der Waals surface area contributed by atoms with E-state index in [0.717, 1.165) is 37.9 Å². The molecule has 0 spiro atoms. The Bertz CT molecular complexity index is 635. The van der Waals surface area contributed by atoms with Crippen LogP contribution in [0.25, 0.3) is 0 Å². The van der Waals surface area contributed by atoms with Crippen molar-refractivity contribution in [2.75, 3.05) is 27.2 Å². The molecule has 0 aromatic heterocycles. The summed E-state index contributed by atoms with van der Waals surface area (Å²) in [7, 11) is 3.67. The van der Waals surface area contributed by atoms with Crippen LogP contribution in [0.1, 0.15) is 39.0 Å². The van der Waals surface area contributed by atoms with Crippen molar-refractivity contribution in [3.8, 4) is 11.8 Å². The second-order valence-electron chi connectivity index (χ2n) is 7.06. The van der Waals surface area contributed by atoms with Crippen LogP contribution in [-0.4, -0.2) is 54.5 Å². The summed E-state index contributed by atoms with van der Waals surface area (Å²) in [6, 6.07) is 9.33. The Kier molecular flexibility index (Phi) is 7.31. The number of nitrogens with zero attached hydrogens (tertiary/aromatic N) is 3. The Labute approximate surface area is 161 Å². The summed E-state index contributed by atoms with van der Waals surface area (Å²) in [6.45, 7) is 2.97. The van der Waals surface area contributed by atoms with Gasteiger partial charge in [-0.05, 0) is 51.1 Å². The maximum atomic E-state index is 12.9. The molecule has 1 amide bonds. The van der Waals surface area contributed by atoms with Crippen LogP contribution in [0.4, 0.5) is 0 Å². The highest BCUT2D eigenvalue weighted by Crippen LogP contribution is 2.33. The molecule has 1 fully saturated rings. The molecular formula is C20H28ClN3O2. The average molecular weight is 378 g/mol. The first-order chi connectivity index (χ1) is 12.4. The summed E-state index contributed by atoms with van der Waals surface area (Å²) in [6.07, 6.45) is 4.68. The van der Waals surface area contributed by atoms with Gasteiger partial charge in [-0.2, -0.15) is 5.26 Å². The van der Waals surface area contributed by atoms with E-state index in [2.05, 4.69) is 6.07 Å². The molecule has 0 radical (unpaired) electrons. The smallest absolute Gasteiger partial charge is 0.240 e. The van der Waals surface area contributed by atoms with Gasteiger partial charge >= 0.3 is 0 Å². The lowest BCUT2D eigenvalue weighted by molar-refractivity contribution is -0.139. The third kappa shape index (κ3) is 4.90. The molecule has 1 aliphatic carbocycles. The van der Waals surface area contributed by atoms with Gasteiger partial charge in [0.05, 0.1) is 12.1 Å². The first kappa shape index (κ1) is 20.5. The second kappa shape index (κ2) is 9.25. The lowest BCUT2D eigenvalue weighted by atomic mass is 9.81. The van der Waals surface area contributed by atoms with E-state index in [-0.39, 0.29) is 11.9 Å². The fourth-order valence-electron chi connectivity index (χ4n) is 3.37. The van der Waals surface area contributed by atoms with Crippen molar-refractivity contribution in [1.82, 2.24) is 9.80 Å². The van der Waals surface area contributed by atoms with Crippen LogP contribution in [0.3, 0.4) is 0 Å². The topological polar surface area (TPSA) is 56.6 Å². The quantitative estimate of drug-likeness (QED) is 0.726. The van der Waals surface area contributed by atoms with Crippen molar-refractivity contribution in [3.05, 3.63) is 29.3 Å². The molecule has 0 saturated heterocycles. The molecule has 1 aliphatic rings. The molecule has 1 atom stereocenters. The number of hydrogen-bond donors (Lipinski definition) is 0. The molecule has 0 N–H and O–H groups in total. The van der Waals surface area contributed by atoms with Crippen LogP contribution >= 0.6 is 11.6 Å². The van der Waals surface area contributed by atoms with Crippen LogP contribution in [0.2, 0.25) is 5.02 Å². The maximum Gasteiger partial charge on any atom is 0.240 e. The molecule has 0 aliphatic heterocycles. The lowest BCUT2D eigenvalue weighted by Crippen LogP contribution is -2.55. The molecule has 2 rings (SSSR count). The van der Waals surface area contributed by atoms with Gasteiger partial charge in [-0.3, -0.25) is 9.69 Å². The largest absolute Gasteiger partial charge is 0.492 e. The number of hydrogen-bond acceptors (Lipinski definition) is 4. The summed E-state index contributed by atoms with van der Waals surface area (Å²) in [5.74, 6) is 0.743. The first-order valence-electron chi connectivity index (χ1n) is 9.17. The predicted molar refractivity (Wildman–Crippen MR) is 103 cm³/mol. The Morgan fingerprint density at radius 3 is 2.46 bits per heavy atom. The van der Waals surface area contributed by atoms with Gasteiger partial charge in [0.1, 0.15) is 17.9 Å². The van der Waals surface area contributed by atoms with Crippen molar-refractivity contribution in [1.29, 1.82) is 5.26 Å². The number of amides is 1. The zero-order chi connectivity index (χ0) is 19.2. The van der Waals surface area contributed by atoms with Gasteiger partial charge in [0.15, 0.2) is 0 Å². The van der Waals surface area contributed by atoms with Crippen LogP contribution in [0.15, 0.2) is 24.3 Å². The van der Waals surface area contributed by atoms with E-state index in [1.54, 1.807) is 24.1 Å². The number of halogens is 1. The number of rotatable bonds is 7. The lowest BCUT2D eigenvalue weighted by Gasteiger charge is -2.41. The molecule has 6 heteroatoms. The molecule has 1 aromatic rings. The fraction of sp³-hybridized carbons (Fsp3) is 0.600. The fourth-order valence-corrected chi connectivity index (χ4v) is 3.50. The standard InChI is InChI=1S/C20H28ClN3O2/c1-16(19(25)24(3)20(15-22)11-5-4-6-12-20)23(2)13-14-26-18-9-7-17(21)8-10-18/h7-10,16H,4-6,11-14H2,1-3H3. The molecule has 1 saturated carbocycles. The van der Waals surface area contributed by atoms with Gasteiger partial charge in [0, 0.05) is 18.6 Å². The van der Waals surface area contributed by atoms with Crippen LogP contribution < -0.4 is 4.74 Å². The van der Waals surface area contributed by atoms with Gasteiger partial charge in [-0.25, -0.2) is 0 Å². The number of benzene rings is 1. The Morgan fingerprint density at radius 1 is 1.27 bits per heavy atom. The highest BCUT2D eigenvalue weighted by molar-refractivity contribution is 6.30. The maximum absolute atomic E-state index is 12.9. The molecule has 0 heterocycles. The highest BCUT2D eigenvalue weighted by atomic mass is 35.5. The van der Waals surface area contributed by atoms with Gasteiger partial charge < -0.3 is 9.64 Å². The van der Waals surface area contributed by atoms with E-state index in [1.807, 2.05) is 31.0 Å². The van der Waals surface area contributed by atoms with Gasteiger partial charge in [0.2, 0.25) is 5.91 Å². The van der Waals surface area contributed by atoms with E-state index < -0.39 is 5.54 Å². The summed E-state index contributed by atoms with van der Waals surface area (Å²) in [5, 5.41) is 10.4. The van der Waals surface area contributed by atoms with Crippen molar-refractivity contribution < 1.29 is 9.53 Å². The Hall–Kier alpha value is -1.77.